The maximum Gasteiger partial charge on any atom is 0.0502 e. The first-order chi connectivity index (χ1) is 20.1. The minimum atomic E-state index is -2.48. The molecule has 0 unspecified atom stereocenters. The van der Waals surface area contributed by atoms with Crippen LogP contribution in [0.3, 0.4) is 0 Å². The Bertz CT molecular complexity index is 1830. The third-order valence-electron chi connectivity index (χ3n) is 9.35. The molecule has 0 fully saturated rings. The van der Waals surface area contributed by atoms with Crippen LogP contribution in [0.1, 0.15) is 25.0 Å². The Hall–Kier alpha value is -4.66. The first-order valence-electron chi connectivity index (χ1n) is 14.5. The van der Waals surface area contributed by atoms with E-state index < -0.39 is 8.07 Å². The van der Waals surface area contributed by atoms with E-state index in [1.54, 1.807) is 0 Å². The van der Waals surface area contributed by atoms with Crippen molar-refractivity contribution in [2.24, 2.45) is 0 Å². The summed E-state index contributed by atoms with van der Waals surface area (Å²) >= 11 is 0. The molecule has 2 aliphatic heterocycles. The van der Waals surface area contributed by atoms with E-state index in [9.17, 15) is 0 Å². The topological polar surface area (TPSA) is 3.24 Å². The van der Waals surface area contributed by atoms with Gasteiger partial charge in [0.05, 0.1) is 11.4 Å². The second-order valence-corrected chi connectivity index (χ2v) is 15.5. The van der Waals surface area contributed by atoms with Crippen LogP contribution in [0, 0.1) is 0 Å². The number of rotatable bonds is 3. The van der Waals surface area contributed by atoms with Crippen molar-refractivity contribution >= 4 is 45.9 Å². The van der Waals surface area contributed by atoms with Gasteiger partial charge in [-0.15, -0.1) is 0 Å². The third-order valence-corrected chi connectivity index (χ3v) is 14.2. The molecule has 0 aliphatic carbocycles. The van der Waals surface area contributed by atoms with Crippen molar-refractivity contribution in [3.63, 3.8) is 0 Å². The molecule has 0 spiro atoms. The smallest absolute Gasteiger partial charge is 0.0502 e. The van der Waals surface area contributed by atoms with Crippen molar-refractivity contribution in [1.29, 1.82) is 0 Å². The van der Waals surface area contributed by atoms with E-state index in [-0.39, 0.29) is 5.41 Å². The summed E-state index contributed by atoms with van der Waals surface area (Å²) in [5.74, 6) is 0. The van der Waals surface area contributed by atoms with Crippen LogP contribution in [0.15, 0.2) is 152 Å². The molecule has 2 heterocycles. The lowest BCUT2D eigenvalue weighted by Gasteiger charge is -2.45. The average molecular weight is 542 g/mol. The first-order valence-corrected chi connectivity index (χ1v) is 16.5. The summed E-state index contributed by atoms with van der Waals surface area (Å²) in [6.07, 6.45) is 0. The normalized spacial score (nSPS) is 15.4. The van der Waals surface area contributed by atoms with Crippen LogP contribution in [0.5, 0.6) is 0 Å². The zero-order chi connectivity index (χ0) is 27.6. The number of para-hydroxylation sites is 2. The van der Waals surface area contributed by atoms with Gasteiger partial charge in [-0.25, -0.2) is 0 Å². The molecule has 0 bridgehead atoms. The van der Waals surface area contributed by atoms with E-state index in [4.69, 9.17) is 0 Å². The van der Waals surface area contributed by atoms with E-state index in [2.05, 4.69) is 170 Å². The Morgan fingerprint density at radius 3 is 1.44 bits per heavy atom. The molecule has 41 heavy (non-hydrogen) atoms. The van der Waals surface area contributed by atoms with Crippen molar-refractivity contribution in [1.82, 2.24) is 0 Å². The summed E-state index contributed by atoms with van der Waals surface area (Å²) in [5, 5.41) is 5.82. The molecular weight excluding hydrogens is 511 g/mol. The van der Waals surface area contributed by atoms with Gasteiger partial charge in [0.15, 0.2) is 0 Å². The molecular formula is C39H31NSi-. The molecule has 6 aromatic rings. The summed E-state index contributed by atoms with van der Waals surface area (Å²) in [6.45, 7) is 4.69. The summed E-state index contributed by atoms with van der Waals surface area (Å²) in [6, 6.07) is 56.7. The van der Waals surface area contributed by atoms with E-state index in [0.717, 1.165) is 0 Å². The highest BCUT2D eigenvalue weighted by atomic mass is 28.3. The second-order valence-electron chi connectivity index (χ2n) is 11.7. The monoisotopic (exact) mass is 541 g/mol. The maximum absolute atomic E-state index is 2.48. The van der Waals surface area contributed by atoms with Gasteiger partial charge in [-0.05, 0) is 43.5 Å². The van der Waals surface area contributed by atoms with Gasteiger partial charge in [0.2, 0.25) is 0 Å². The van der Waals surface area contributed by atoms with Gasteiger partial charge in [0.1, 0.15) is 0 Å². The Labute approximate surface area is 243 Å². The van der Waals surface area contributed by atoms with Crippen LogP contribution in [0.2, 0.25) is 0 Å². The number of hydrogen-bond donors (Lipinski definition) is 0. The van der Waals surface area contributed by atoms with Crippen LogP contribution in [0.4, 0.5) is 17.1 Å². The minimum Gasteiger partial charge on any atom is -0.310 e. The maximum atomic E-state index is 2.45. The predicted molar refractivity (Wildman–Crippen MR) is 176 cm³/mol. The van der Waals surface area contributed by atoms with Crippen LogP contribution >= 0.6 is 0 Å². The van der Waals surface area contributed by atoms with Crippen LogP contribution in [-0.2, 0) is 5.41 Å². The Balaban J connectivity index is 1.35. The Morgan fingerprint density at radius 1 is 0.439 bits per heavy atom. The van der Waals surface area contributed by atoms with Gasteiger partial charge < -0.3 is 4.90 Å². The molecule has 1 nitrogen and oxygen atoms in total. The van der Waals surface area contributed by atoms with Crippen molar-refractivity contribution < 1.29 is 0 Å². The first kappa shape index (κ1) is 24.2. The molecule has 8 rings (SSSR count). The quantitative estimate of drug-likeness (QED) is 0.215. The highest BCUT2D eigenvalue weighted by Crippen LogP contribution is 2.51. The lowest BCUT2D eigenvalue weighted by Crippen LogP contribution is -2.72. The summed E-state index contributed by atoms with van der Waals surface area (Å²) in [4.78, 5) is 2.45. The molecule has 0 N–H and O–H groups in total. The largest absolute Gasteiger partial charge is 0.310 e. The molecule has 6 aromatic carbocycles. The van der Waals surface area contributed by atoms with Crippen molar-refractivity contribution in [2.45, 2.75) is 19.3 Å². The Morgan fingerprint density at radius 2 is 0.878 bits per heavy atom. The number of benzene rings is 6. The van der Waals surface area contributed by atoms with Gasteiger partial charge in [-0.2, -0.15) is 20.7 Å². The molecule has 0 atom stereocenters. The number of fused-ring (bicyclic) bond motifs is 5. The predicted octanol–water partition coefficient (Wildman–Crippen LogP) is 7.15. The minimum absolute atomic E-state index is 0.0643. The fourth-order valence-corrected chi connectivity index (χ4v) is 12.7. The molecule has 2 heteroatoms. The van der Waals surface area contributed by atoms with E-state index >= 15 is 0 Å². The molecule has 0 radical (unpaired) electrons. The highest BCUT2D eigenvalue weighted by molar-refractivity contribution is 7.22. The van der Waals surface area contributed by atoms with Crippen LogP contribution in [0.25, 0.3) is 11.1 Å². The van der Waals surface area contributed by atoms with Crippen molar-refractivity contribution in [2.75, 3.05) is 4.90 Å². The SMILES string of the molecule is CC1(C)c2ccccc2N(c2ccc([Si-]3(c4ccccc4)c4ccccc4-c4ccccc43)cc2)c2ccccc21. The fourth-order valence-electron chi connectivity index (χ4n) is 7.52. The van der Waals surface area contributed by atoms with Gasteiger partial charge in [-0.1, -0.05) is 152 Å². The lowest BCUT2D eigenvalue weighted by atomic mass is 9.73. The summed E-state index contributed by atoms with van der Waals surface area (Å²) < 4.78 is 0. The third kappa shape index (κ3) is 3.29. The molecule has 0 saturated heterocycles. The summed E-state index contributed by atoms with van der Waals surface area (Å²) in [5.41, 5.74) is 9.12. The van der Waals surface area contributed by atoms with Gasteiger partial charge in [0, 0.05) is 11.1 Å². The van der Waals surface area contributed by atoms with Crippen molar-refractivity contribution in [3.8, 4) is 11.1 Å². The lowest BCUT2D eigenvalue weighted by molar-refractivity contribution is 0.632. The molecule has 0 amide bonds. The number of anilines is 3. The van der Waals surface area contributed by atoms with E-state index in [1.807, 2.05) is 0 Å². The Kier molecular flexibility index (Phi) is 5.26. The molecule has 2 aliphatic rings. The molecule has 197 valence electrons. The van der Waals surface area contributed by atoms with Gasteiger partial charge in [-0.3, -0.25) is 0 Å². The number of hydrogen-bond acceptors (Lipinski definition) is 1. The van der Waals surface area contributed by atoms with E-state index in [1.165, 1.54) is 60.1 Å². The zero-order valence-corrected chi connectivity index (χ0v) is 24.4. The van der Waals surface area contributed by atoms with Gasteiger partial charge >= 0.3 is 0 Å². The van der Waals surface area contributed by atoms with Crippen LogP contribution < -0.4 is 25.6 Å². The van der Waals surface area contributed by atoms with Crippen molar-refractivity contribution in [3.05, 3.63) is 163 Å². The molecule has 0 aromatic heterocycles. The summed E-state index contributed by atoms with van der Waals surface area (Å²) in [7, 11) is -2.48. The zero-order valence-electron chi connectivity index (χ0n) is 23.4. The average Bonchev–Trinajstić information content (AvgIpc) is 3.33. The van der Waals surface area contributed by atoms with E-state index in [0.29, 0.717) is 0 Å². The number of nitrogens with zero attached hydrogens (tertiary/aromatic N) is 1. The standard InChI is InChI=1S/C39H31NSi/c1-39(2)33-18-8-10-20-35(33)40(36-21-11-9-19-34(36)39)28-24-26-30(27-25-28)41(29-14-4-3-5-15-29)37-22-12-6-16-31(37)32-17-7-13-23-38(32)41/h3-27H,1-2H3/q-1. The van der Waals surface area contributed by atoms with Crippen LogP contribution in [-0.4, -0.2) is 8.07 Å². The highest BCUT2D eigenvalue weighted by Gasteiger charge is 2.38. The second kappa shape index (κ2) is 8.92. The molecule has 0 saturated carbocycles. The fraction of sp³-hybridized carbons (Fsp3) is 0.0769. The van der Waals surface area contributed by atoms with Gasteiger partial charge in [0.25, 0.3) is 0 Å².